The van der Waals surface area contributed by atoms with Crippen LogP contribution >= 0.6 is 22.9 Å². The van der Waals surface area contributed by atoms with Gasteiger partial charge in [-0.05, 0) is 42.5 Å². The largest absolute Gasteiger partial charge is 0.450 e. The van der Waals surface area contributed by atoms with Crippen molar-refractivity contribution < 1.29 is 9.53 Å². The summed E-state index contributed by atoms with van der Waals surface area (Å²) in [6.45, 7) is 3.61. The summed E-state index contributed by atoms with van der Waals surface area (Å²) < 4.78 is 6.30. The van der Waals surface area contributed by atoms with Gasteiger partial charge in [0.25, 0.3) is 0 Å². The molecule has 2 aromatic rings. The maximum atomic E-state index is 11.8. The second kappa shape index (κ2) is 5.02. The number of thiophene rings is 1. The van der Waals surface area contributed by atoms with Crippen LogP contribution in [-0.4, -0.2) is 24.1 Å². The van der Waals surface area contributed by atoms with Gasteiger partial charge in [0.1, 0.15) is 0 Å². The van der Waals surface area contributed by atoms with Gasteiger partial charge in [0, 0.05) is 21.1 Å². The number of fused-ring (bicyclic) bond motifs is 3. The van der Waals surface area contributed by atoms with Crippen LogP contribution in [0.5, 0.6) is 0 Å². The molecule has 0 N–H and O–H groups in total. The molecule has 0 radical (unpaired) electrons. The molecule has 1 aromatic carbocycles. The third-order valence-corrected chi connectivity index (χ3v) is 4.76. The van der Waals surface area contributed by atoms with E-state index in [2.05, 4.69) is 6.07 Å². The van der Waals surface area contributed by atoms with E-state index in [0.717, 1.165) is 11.4 Å². The molecule has 5 heteroatoms. The first-order valence-electron chi connectivity index (χ1n) is 6.30. The summed E-state index contributed by atoms with van der Waals surface area (Å²) in [5.74, 6) is 0. The molecule has 0 spiro atoms. The van der Waals surface area contributed by atoms with E-state index in [0.29, 0.717) is 19.7 Å². The molecule has 0 saturated carbocycles. The van der Waals surface area contributed by atoms with E-state index in [9.17, 15) is 4.79 Å². The van der Waals surface area contributed by atoms with Gasteiger partial charge in [-0.2, -0.15) is 0 Å². The van der Waals surface area contributed by atoms with Gasteiger partial charge >= 0.3 is 6.09 Å². The molecule has 1 aliphatic heterocycles. The smallest absolute Gasteiger partial charge is 0.410 e. The Morgan fingerprint density at radius 1 is 1.53 bits per heavy atom. The molecule has 3 nitrogen and oxygen atoms in total. The second-order valence-corrected chi connectivity index (χ2v) is 6.09. The van der Waals surface area contributed by atoms with Crippen LogP contribution in [-0.2, 0) is 17.7 Å². The minimum atomic E-state index is -0.219. The molecular formula is C14H14ClNO2S. The van der Waals surface area contributed by atoms with Gasteiger partial charge in [0.05, 0.1) is 13.2 Å². The lowest BCUT2D eigenvalue weighted by molar-refractivity contribution is 0.103. The lowest BCUT2D eigenvalue weighted by atomic mass is 10.0. The van der Waals surface area contributed by atoms with Crippen LogP contribution < -0.4 is 0 Å². The van der Waals surface area contributed by atoms with E-state index in [-0.39, 0.29) is 6.09 Å². The van der Waals surface area contributed by atoms with Gasteiger partial charge in [0.15, 0.2) is 0 Å². The van der Waals surface area contributed by atoms with Crippen LogP contribution in [0.2, 0.25) is 5.02 Å². The molecule has 2 heterocycles. The quantitative estimate of drug-likeness (QED) is 0.794. The molecule has 0 fully saturated rings. The first kappa shape index (κ1) is 12.8. The highest BCUT2D eigenvalue weighted by molar-refractivity contribution is 7.19. The predicted molar refractivity (Wildman–Crippen MR) is 78.0 cm³/mol. The summed E-state index contributed by atoms with van der Waals surface area (Å²) in [5, 5.41) is 2.00. The van der Waals surface area contributed by atoms with Crippen LogP contribution in [0.4, 0.5) is 4.79 Å². The molecule has 0 saturated heterocycles. The molecular weight excluding hydrogens is 282 g/mol. The Morgan fingerprint density at radius 3 is 3.16 bits per heavy atom. The maximum Gasteiger partial charge on any atom is 0.410 e. The average molecular weight is 296 g/mol. The molecule has 3 rings (SSSR count). The summed E-state index contributed by atoms with van der Waals surface area (Å²) in [6, 6.07) is 5.98. The minimum Gasteiger partial charge on any atom is -0.450 e. The van der Waals surface area contributed by atoms with Crippen molar-refractivity contribution in [1.29, 1.82) is 0 Å². The maximum absolute atomic E-state index is 11.8. The number of carbonyl (C=O) groups is 1. The van der Waals surface area contributed by atoms with E-state index >= 15 is 0 Å². The molecule has 100 valence electrons. The van der Waals surface area contributed by atoms with Gasteiger partial charge in [-0.15, -0.1) is 11.3 Å². The predicted octanol–water partition coefficient (Wildman–Crippen LogP) is 4.07. The Balaban J connectivity index is 1.93. The number of ether oxygens (including phenoxy) is 1. The van der Waals surface area contributed by atoms with Crippen LogP contribution in [0, 0.1) is 0 Å². The number of amides is 1. The monoisotopic (exact) mass is 295 g/mol. The third kappa shape index (κ3) is 2.30. The van der Waals surface area contributed by atoms with Crippen LogP contribution in [0.1, 0.15) is 17.4 Å². The fourth-order valence-electron chi connectivity index (χ4n) is 2.44. The fraction of sp³-hybridized carbons (Fsp3) is 0.357. The highest BCUT2D eigenvalue weighted by atomic mass is 35.5. The molecule has 19 heavy (non-hydrogen) atoms. The van der Waals surface area contributed by atoms with Crippen molar-refractivity contribution in [3.05, 3.63) is 33.7 Å². The minimum absolute atomic E-state index is 0.219. The van der Waals surface area contributed by atoms with E-state index in [1.807, 2.05) is 19.1 Å². The number of nitrogens with zero attached hydrogens (tertiary/aromatic N) is 1. The van der Waals surface area contributed by atoms with Crippen LogP contribution in [0.15, 0.2) is 18.2 Å². The lowest BCUT2D eigenvalue weighted by Gasteiger charge is -2.26. The third-order valence-electron chi connectivity index (χ3n) is 3.33. The van der Waals surface area contributed by atoms with Gasteiger partial charge in [-0.3, -0.25) is 0 Å². The van der Waals surface area contributed by atoms with Crippen molar-refractivity contribution in [2.45, 2.75) is 19.9 Å². The Kier molecular flexibility index (Phi) is 3.37. The van der Waals surface area contributed by atoms with E-state index < -0.39 is 0 Å². The van der Waals surface area contributed by atoms with Crippen LogP contribution in [0.3, 0.4) is 0 Å². The number of hydrogen-bond donors (Lipinski definition) is 0. The van der Waals surface area contributed by atoms with Crippen molar-refractivity contribution in [2.75, 3.05) is 13.2 Å². The summed E-state index contributed by atoms with van der Waals surface area (Å²) in [4.78, 5) is 14.8. The fourth-order valence-corrected chi connectivity index (χ4v) is 3.86. The molecule has 0 aliphatic carbocycles. The SMILES string of the molecule is CCOC(=O)N1CCc2c(sc3ccc(Cl)cc23)C1. The van der Waals surface area contributed by atoms with Crippen molar-refractivity contribution in [2.24, 2.45) is 0 Å². The molecule has 1 amide bonds. The van der Waals surface area contributed by atoms with Gasteiger partial charge < -0.3 is 9.64 Å². The zero-order valence-corrected chi connectivity index (χ0v) is 12.2. The Hall–Kier alpha value is -1.26. The van der Waals surface area contributed by atoms with E-state index in [4.69, 9.17) is 16.3 Å². The topological polar surface area (TPSA) is 29.5 Å². The van der Waals surface area contributed by atoms with Gasteiger partial charge in [-0.1, -0.05) is 11.6 Å². The summed E-state index contributed by atoms with van der Waals surface area (Å²) >= 11 is 7.80. The molecule has 0 bridgehead atoms. The number of carbonyl (C=O) groups excluding carboxylic acids is 1. The zero-order valence-electron chi connectivity index (χ0n) is 10.6. The van der Waals surface area contributed by atoms with Gasteiger partial charge in [0.2, 0.25) is 0 Å². The number of benzene rings is 1. The first-order chi connectivity index (χ1) is 9.19. The summed E-state index contributed by atoms with van der Waals surface area (Å²) in [6.07, 6.45) is 0.651. The number of rotatable bonds is 1. The Morgan fingerprint density at radius 2 is 2.37 bits per heavy atom. The van der Waals surface area contributed by atoms with Crippen LogP contribution in [0.25, 0.3) is 10.1 Å². The first-order valence-corrected chi connectivity index (χ1v) is 7.50. The highest BCUT2D eigenvalue weighted by Crippen LogP contribution is 2.36. The lowest BCUT2D eigenvalue weighted by Crippen LogP contribution is -2.35. The molecule has 0 unspecified atom stereocenters. The normalized spacial score (nSPS) is 14.5. The zero-order chi connectivity index (χ0) is 13.4. The standard InChI is InChI=1S/C14H14ClNO2S/c1-2-18-14(17)16-6-5-10-11-7-9(15)3-4-12(11)19-13(10)8-16/h3-4,7H,2,5-6,8H2,1H3. The number of halogens is 1. The molecule has 1 aromatic heterocycles. The Bertz CT molecular complexity index is 638. The van der Waals surface area contributed by atoms with E-state index in [1.54, 1.807) is 16.2 Å². The van der Waals surface area contributed by atoms with Crippen molar-refractivity contribution in [3.63, 3.8) is 0 Å². The second-order valence-electron chi connectivity index (χ2n) is 4.51. The van der Waals surface area contributed by atoms with E-state index in [1.165, 1.54) is 20.5 Å². The Labute approximate surface area is 120 Å². The summed E-state index contributed by atoms with van der Waals surface area (Å²) in [7, 11) is 0. The summed E-state index contributed by atoms with van der Waals surface area (Å²) in [5.41, 5.74) is 1.34. The van der Waals surface area contributed by atoms with Crippen molar-refractivity contribution >= 4 is 39.1 Å². The molecule has 0 atom stereocenters. The van der Waals surface area contributed by atoms with Crippen molar-refractivity contribution in [3.8, 4) is 0 Å². The molecule has 1 aliphatic rings. The highest BCUT2D eigenvalue weighted by Gasteiger charge is 2.24. The number of hydrogen-bond acceptors (Lipinski definition) is 3. The van der Waals surface area contributed by atoms with Gasteiger partial charge in [-0.25, -0.2) is 4.79 Å². The van der Waals surface area contributed by atoms with Crippen molar-refractivity contribution in [1.82, 2.24) is 4.90 Å². The average Bonchev–Trinajstić information content (AvgIpc) is 2.76.